The van der Waals surface area contributed by atoms with Crippen LogP contribution in [0, 0.1) is 0 Å². The topological polar surface area (TPSA) is 39.2 Å². The lowest BCUT2D eigenvalue weighted by atomic mass is 9.75. The first-order valence-corrected chi connectivity index (χ1v) is 17.0. The zero-order valence-electron chi connectivity index (χ0n) is 26.8. The molecular weight excluding hydrogens is 599 g/mol. The first-order chi connectivity index (χ1) is 24.3. The van der Waals surface area contributed by atoms with E-state index in [0.29, 0.717) is 5.89 Å². The highest BCUT2D eigenvalue weighted by molar-refractivity contribution is 6.07. The van der Waals surface area contributed by atoms with E-state index in [1.165, 1.54) is 55.5 Å². The molecule has 7 aromatic carbocycles. The summed E-state index contributed by atoms with van der Waals surface area (Å²) >= 11 is 0. The Morgan fingerprint density at radius 1 is 0.490 bits per heavy atom. The van der Waals surface area contributed by atoms with Gasteiger partial charge in [0.05, 0.1) is 0 Å². The van der Waals surface area contributed by atoms with Gasteiger partial charge in [0.1, 0.15) is 16.7 Å². The SMILES string of the molecule is c1ccc(-c2ccc(C(c3cccc4c3CCc3ccc5oc(-c6ccccc6)nc5c3-4)c3cccc4oc5ccccc5c34)cc2)cc1. The molecule has 0 radical (unpaired) electrons. The zero-order valence-corrected chi connectivity index (χ0v) is 26.8. The van der Waals surface area contributed by atoms with Crippen LogP contribution in [0.1, 0.15) is 33.7 Å². The van der Waals surface area contributed by atoms with Gasteiger partial charge in [-0.05, 0) is 87.7 Å². The van der Waals surface area contributed by atoms with Gasteiger partial charge in [-0.25, -0.2) is 4.98 Å². The van der Waals surface area contributed by atoms with E-state index in [2.05, 4.69) is 133 Å². The largest absolute Gasteiger partial charge is 0.456 e. The molecule has 9 aromatic rings. The fourth-order valence-electron chi connectivity index (χ4n) is 7.96. The van der Waals surface area contributed by atoms with Crippen molar-refractivity contribution in [3.63, 3.8) is 0 Å². The van der Waals surface area contributed by atoms with E-state index in [1.807, 2.05) is 24.3 Å². The van der Waals surface area contributed by atoms with E-state index in [1.54, 1.807) is 0 Å². The van der Waals surface area contributed by atoms with Crippen molar-refractivity contribution in [3.05, 3.63) is 186 Å². The molecule has 0 saturated carbocycles. The van der Waals surface area contributed by atoms with Crippen molar-refractivity contribution in [3.8, 4) is 33.7 Å². The summed E-state index contributed by atoms with van der Waals surface area (Å²) in [5.74, 6) is 0.643. The van der Waals surface area contributed by atoms with Crippen molar-refractivity contribution in [1.29, 1.82) is 0 Å². The van der Waals surface area contributed by atoms with E-state index in [0.717, 1.165) is 46.1 Å². The van der Waals surface area contributed by atoms with Gasteiger partial charge in [0.2, 0.25) is 5.89 Å². The first kappa shape index (κ1) is 27.9. The number of nitrogens with zero attached hydrogens (tertiary/aromatic N) is 1. The molecule has 3 nitrogen and oxygen atoms in total. The maximum Gasteiger partial charge on any atom is 0.227 e. The van der Waals surface area contributed by atoms with Crippen molar-refractivity contribution < 1.29 is 8.83 Å². The van der Waals surface area contributed by atoms with Crippen LogP contribution in [0.25, 0.3) is 66.7 Å². The predicted molar refractivity (Wildman–Crippen MR) is 199 cm³/mol. The van der Waals surface area contributed by atoms with Crippen LogP contribution in [0.15, 0.2) is 167 Å². The molecule has 0 spiro atoms. The van der Waals surface area contributed by atoms with Gasteiger partial charge in [0, 0.05) is 27.8 Å². The number of benzene rings is 7. The summed E-state index contributed by atoms with van der Waals surface area (Å²) in [5.41, 5.74) is 15.9. The second-order valence-corrected chi connectivity index (χ2v) is 12.9. The number of aromatic nitrogens is 1. The minimum absolute atomic E-state index is 0.0116. The Morgan fingerprint density at radius 2 is 1.18 bits per heavy atom. The summed E-state index contributed by atoms with van der Waals surface area (Å²) in [6, 6.07) is 56.0. The van der Waals surface area contributed by atoms with Crippen molar-refractivity contribution in [2.45, 2.75) is 18.8 Å². The highest BCUT2D eigenvalue weighted by atomic mass is 16.3. The second-order valence-electron chi connectivity index (χ2n) is 12.9. The summed E-state index contributed by atoms with van der Waals surface area (Å²) in [4.78, 5) is 5.11. The van der Waals surface area contributed by atoms with Crippen molar-refractivity contribution in [2.24, 2.45) is 0 Å². The Labute approximate surface area is 284 Å². The average Bonchev–Trinajstić information content (AvgIpc) is 3.78. The van der Waals surface area contributed by atoms with E-state index in [4.69, 9.17) is 13.8 Å². The molecule has 2 aromatic heterocycles. The molecule has 0 aliphatic heterocycles. The Hall–Kier alpha value is -6.19. The van der Waals surface area contributed by atoms with E-state index in [9.17, 15) is 0 Å². The standard InChI is InChI=1S/C46H31NO2/c1-3-11-29(12-4-1)30-21-23-31(24-22-30)42(38-18-10-20-40-44(38)37-15-7-8-19-39(37)48-40)35-16-9-17-36-34(35)27-25-32-26-28-41-45(43(32)36)47-46(49-41)33-13-5-2-6-14-33/h1-24,26,28,42H,25,27H2. The number of furan rings is 1. The number of hydrogen-bond donors (Lipinski definition) is 0. The summed E-state index contributed by atoms with van der Waals surface area (Å²) in [6.45, 7) is 0. The molecule has 1 atom stereocenters. The van der Waals surface area contributed by atoms with Gasteiger partial charge in [-0.2, -0.15) is 0 Å². The van der Waals surface area contributed by atoms with Crippen LogP contribution in [-0.2, 0) is 12.8 Å². The fourth-order valence-corrected chi connectivity index (χ4v) is 7.96. The lowest BCUT2D eigenvalue weighted by Gasteiger charge is -2.28. The molecule has 0 fully saturated rings. The number of aryl methyl sites for hydroxylation is 1. The monoisotopic (exact) mass is 629 g/mol. The minimum atomic E-state index is -0.0116. The molecule has 3 heteroatoms. The number of hydrogen-bond acceptors (Lipinski definition) is 3. The molecule has 1 unspecified atom stereocenters. The van der Waals surface area contributed by atoms with Crippen molar-refractivity contribution in [2.75, 3.05) is 0 Å². The molecule has 0 saturated heterocycles. The molecule has 0 amide bonds. The Balaban J connectivity index is 1.20. The number of oxazole rings is 1. The maximum absolute atomic E-state index is 6.42. The highest BCUT2D eigenvalue weighted by Gasteiger charge is 2.29. The van der Waals surface area contributed by atoms with Gasteiger partial charge >= 0.3 is 0 Å². The quantitative estimate of drug-likeness (QED) is 0.178. The lowest BCUT2D eigenvalue weighted by molar-refractivity contribution is 0.620. The molecule has 2 heterocycles. The number of rotatable bonds is 5. The molecule has 0 bridgehead atoms. The van der Waals surface area contributed by atoms with Crippen molar-refractivity contribution >= 4 is 33.0 Å². The Bertz CT molecular complexity index is 2650. The number of fused-ring (bicyclic) bond motifs is 8. The van der Waals surface area contributed by atoms with Crippen LogP contribution < -0.4 is 0 Å². The van der Waals surface area contributed by atoms with Gasteiger partial charge in [-0.3, -0.25) is 0 Å². The first-order valence-electron chi connectivity index (χ1n) is 17.0. The Morgan fingerprint density at radius 3 is 2.02 bits per heavy atom. The van der Waals surface area contributed by atoms with Gasteiger partial charge < -0.3 is 8.83 Å². The maximum atomic E-state index is 6.42. The van der Waals surface area contributed by atoms with Gasteiger partial charge in [0.15, 0.2) is 5.58 Å². The average molecular weight is 630 g/mol. The molecule has 1 aliphatic carbocycles. The summed E-state index contributed by atoms with van der Waals surface area (Å²) in [5, 5.41) is 2.32. The molecule has 49 heavy (non-hydrogen) atoms. The smallest absolute Gasteiger partial charge is 0.227 e. The van der Waals surface area contributed by atoms with Gasteiger partial charge in [-0.15, -0.1) is 0 Å². The molecule has 232 valence electrons. The van der Waals surface area contributed by atoms with Crippen LogP contribution in [0.3, 0.4) is 0 Å². The fraction of sp³-hybridized carbons (Fsp3) is 0.0652. The van der Waals surface area contributed by atoms with Gasteiger partial charge in [-0.1, -0.05) is 127 Å². The summed E-state index contributed by atoms with van der Waals surface area (Å²) in [6.07, 6.45) is 1.90. The summed E-state index contributed by atoms with van der Waals surface area (Å²) < 4.78 is 12.8. The van der Waals surface area contributed by atoms with Crippen LogP contribution in [-0.4, -0.2) is 4.98 Å². The predicted octanol–water partition coefficient (Wildman–Crippen LogP) is 12.0. The molecule has 1 aliphatic rings. The highest BCUT2D eigenvalue weighted by Crippen LogP contribution is 2.47. The third kappa shape index (κ3) is 4.54. The van der Waals surface area contributed by atoms with Crippen LogP contribution in [0.2, 0.25) is 0 Å². The van der Waals surface area contributed by atoms with E-state index >= 15 is 0 Å². The molecular formula is C46H31NO2. The van der Waals surface area contributed by atoms with Gasteiger partial charge in [0.25, 0.3) is 0 Å². The molecule has 0 N–H and O–H groups in total. The van der Waals surface area contributed by atoms with Crippen molar-refractivity contribution in [1.82, 2.24) is 4.98 Å². The van der Waals surface area contributed by atoms with E-state index < -0.39 is 0 Å². The number of para-hydroxylation sites is 1. The third-order valence-electron chi connectivity index (χ3n) is 10.2. The lowest BCUT2D eigenvalue weighted by Crippen LogP contribution is -2.12. The third-order valence-corrected chi connectivity index (χ3v) is 10.2. The van der Waals surface area contributed by atoms with Crippen LogP contribution in [0.4, 0.5) is 0 Å². The minimum Gasteiger partial charge on any atom is -0.456 e. The van der Waals surface area contributed by atoms with E-state index in [-0.39, 0.29) is 5.92 Å². The molecule has 10 rings (SSSR count). The van der Waals surface area contributed by atoms with Crippen LogP contribution in [0.5, 0.6) is 0 Å². The summed E-state index contributed by atoms with van der Waals surface area (Å²) in [7, 11) is 0. The van der Waals surface area contributed by atoms with Crippen LogP contribution >= 0.6 is 0 Å². The second kappa shape index (κ2) is 11.2. The zero-order chi connectivity index (χ0) is 32.3. The Kier molecular flexibility index (Phi) is 6.38. The normalized spacial score (nSPS) is 13.1.